The van der Waals surface area contributed by atoms with Crippen LogP contribution in [0.25, 0.3) is 0 Å². The van der Waals surface area contributed by atoms with Gasteiger partial charge in [-0.2, -0.15) is 8.78 Å². The van der Waals surface area contributed by atoms with Crippen molar-refractivity contribution < 1.29 is 22.0 Å². The molecule has 1 aliphatic carbocycles. The molecule has 1 aliphatic rings. The zero-order chi connectivity index (χ0) is 16.4. The number of halogens is 3. The smallest absolute Gasteiger partial charge is 0.341 e. The molecule has 0 heterocycles. The Morgan fingerprint density at radius 3 is 2.17 bits per heavy atom. The summed E-state index contributed by atoms with van der Waals surface area (Å²) in [6, 6.07) is 4.48. The van der Waals surface area contributed by atoms with Gasteiger partial charge in [-0.1, -0.05) is 12.8 Å². The molecule has 1 aromatic carbocycles. The minimum absolute atomic E-state index is 0. The van der Waals surface area contributed by atoms with Crippen LogP contribution in [0.15, 0.2) is 29.2 Å². The van der Waals surface area contributed by atoms with Gasteiger partial charge in [-0.25, -0.2) is 8.42 Å². The number of rotatable bonds is 5. The molecule has 0 unspecified atom stereocenters. The molecule has 2 rings (SSSR count). The molecule has 0 aliphatic heterocycles. The summed E-state index contributed by atoms with van der Waals surface area (Å²) in [5, 5.41) is 2.88. The Kier molecular flexibility index (Phi) is 6.49. The van der Waals surface area contributed by atoms with E-state index in [2.05, 4.69) is 5.32 Å². The molecule has 1 fully saturated rings. The lowest BCUT2D eigenvalue weighted by molar-refractivity contribution is 0.0903. The van der Waals surface area contributed by atoms with Gasteiger partial charge in [0, 0.05) is 12.1 Å². The summed E-state index contributed by atoms with van der Waals surface area (Å²) in [5.41, 5.74) is 5.52. The second kappa shape index (κ2) is 7.55. The summed E-state index contributed by atoms with van der Waals surface area (Å²) < 4.78 is 47.5. The summed E-state index contributed by atoms with van der Waals surface area (Å²) in [7, 11) is -4.64. The zero-order valence-corrected chi connectivity index (χ0v) is 13.9. The van der Waals surface area contributed by atoms with Crippen LogP contribution >= 0.6 is 12.4 Å². The molecule has 9 heteroatoms. The number of hydrogen-bond donors (Lipinski definition) is 2. The Labute approximate surface area is 140 Å². The molecular weight excluding hydrogens is 350 g/mol. The lowest BCUT2D eigenvalue weighted by Crippen LogP contribution is -2.51. The Morgan fingerprint density at radius 1 is 1.22 bits per heavy atom. The average molecular weight is 369 g/mol. The third-order valence-corrected chi connectivity index (χ3v) is 5.41. The minimum atomic E-state index is -4.64. The van der Waals surface area contributed by atoms with Crippen LogP contribution < -0.4 is 11.1 Å². The predicted octanol–water partition coefficient (Wildman–Crippen LogP) is 2.11. The second-order valence-electron chi connectivity index (χ2n) is 5.48. The van der Waals surface area contributed by atoms with E-state index in [1.54, 1.807) is 0 Å². The van der Waals surface area contributed by atoms with Crippen LogP contribution in [0.3, 0.4) is 0 Å². The van der Waals surface area contributed by atoms with E-state index in [-0.39, 0.29) is 23.9 Å². The third kappa shape index (κ3) is 4.19. The number of nitrogens with two attached hydrogens (primary N) is 1. The van der Waals surface area contributed by atoms with E-state index in [9.17, 15) is 22.0 Å². The molecule has 0 aromatic heterocycles. The van der Waals surface area contributed by atoms with Crippen LogP contribution in [-0.4, -0.2) is 32.2 Å². The lowest BCUT2D eigenvalue weighted by atomic mass is 9.97. The first-order chi connectivity index (χ1) is 10.3. The topological polar surface area (TPSA) is 89.3 Å². The number of hydrogen-bond acceptors (Lipinski definition) is 4. The van der Waals surface area contributed by atoms with Crippen molar-refractivity contribution in [3.05, 3.63) is 29.8 Å². The predicted molar refractivity (Wildman–Crippen MR) is 84.6 cm³/mol. The molecule has 0 bridgehead atoms. The van der Waals surface area contributed by atoms with E-state index in [1.807, 2.05) is 0 Å². The van der Waals surface area contributed by atoms with Crippen molar-refractivity contribution in [1.82, 2.24) is 5.32 Å². The van der Waals surface area contributed by atoms with Gasteiger partial charge < -0.3 is 11.1 Å². The van der Waals surface area contributed by atoms with Crippen LogP contribution in [-0.2, 0) is 9.84 Å². The molecule has 0 radical (unpaired) electrons. The molecule has 5 nitrogen and oxygen atoms in total. The first-order valence-corrected chi connectivity index (χ1v) is 8.50. The van der Waals surface area contributed by atoms with Crippen molar-refractivity contribution in [2.45, 2.75) is 41.9 Å². The van der Waals surface area contributed by atoms with Gasteiger partial charge in [0.05, 0.1) is 10.4 Å². The van der Waals surface area contributed by atoms with Crippen molar-refractivity contribution in [2.24, 2.45) is 5.73 Å². The van der Waals surface area contributed by atoms with Gasteiger partial charge in [0.25, 0.3) is 5.91 Å². The highest BCUT2D eigenvalue weighted by atomic mass is 35.5. The lowest BCUT2D eigenvalue weighted by Gasteiger charge is -2.28. The van der Waals surface area contributed by atoms with E-state index in [0.717, 1.165) is 37.8 Å². The number of carbonyl (C=O) groups is 1. The summed E-state index contributed by atoms with van der Waals surface area (Å²) in [6.07, 6.45) is 3.58. The fourth-order valence-electron chi connectivity index (χ4n) is 2.64. The van der Waals surface area contributed by atoms with Gasteiger partial charge in [0.1, 0.15) is 0 Å². The Balaban J connectivity index is 0.00000264. The van der Waals surface area contributed by atoms with Gasteiger partial charge in [-0.05, 0) is 37.1 Å². The van der Waals surface area contributed by atoms with Gasteiger partial charge in [-0.3, -0.25) is 4.79 Å². The maximum absolute atomic E-state index is 12.4. The SMILES string of the molecule is Cl.NCC1(NC(=O)c2ccc(S(=O)(=O)C(F)F)cc2)CCCC1. The van der Waals surface area contributed by atoms with Crippen molar-refractivity contribution in [3.8, 4) is 0 Å². The first kappa shape index (κ1) is 19.8. The number of benzene rings is 1. The first-order valence-electron chi connectivity index (χ1n) is 6.95. The fourth-order valence-corrected chi connectivity index (χ4v) is 3.36. The van der Waals surface area contributed by atoms with Gasteiger partial charge in [0.2, 0.25) is 9.84 Å². The number of amides is 1. The maximum Gasteiger partial charge on any atom is 0.341 e. The average Bonchev–Trinajstić information content (AvgIpc) is 2.96. The van der Waals surface area contributed by atoms with Gasteiger partial charge in [0.15, 0.2) is 0 Å². The van der Waals surface area contributed by atoms with Gasteiger partial charge >= 0.3 is 5.76 Å². The second-order valence-corrected chi connectivity index (χ2v) is 7.39. The van der Waals surface area contributed by atoms with Crippen molar-refractivity contribution in [1.29, 1.82) is 0 Å². The van der Waals surface area contributed by atoms with Crippen molar-refractivity contribution in [2.75, 3.05) is 6.54 Å². The molecule has 23 heavy (non-hydrogen) atoms. The van der Waals surface area contributed by atoms with Crippen LogP contribution in [0.4, 0.5) is 8.78 Å². The van der Waals surface area contributed by atoms with E-state index in [4.69, 9.17) is 5.73 Å². The molecule has 1 amide bonds. The summed E-state index contributed by atoms with van der Waals surface area (Å²) >= 11 is 0. The number of alkyl halides is 2. The summed E-state index contributed by atoms with van der Waals surface area (Å²) in [6.45, 7) is 0.330. The third-order valence-electron chi connectivity index (χ3n) is 4.01. The van der Waals surface area contributed by atoms with E-state index >= 15 is 0 Å². The van der Waals surface area contributed by atoms with Crippen LogP contribution in [0.1, 0.15) is 36.0 Å². The van der Waals surface area contributed by atoms with Crippen LogP contribution in [0, 0.1) is 0 Å². The molecule has 130 valence electrons. The summed E-state index contributed by atoms with van der Waals surface area (Å²) in [4.78, 5) is 11.7. The van der Waals surface area contributed by atoms with Crippen molar-refractivity contribution in [3.63, 3.8) is 0 Å². The quantitative estimate of drug-likeness (QED) is 0.833. The molecule has 0 spiro atoms. The minimum Gasteiger partial charge on any atom is -0.345 e. The van der Waals surface area contributed by atoms with E-state index < -0.39 is 26.0 Å². The fraction of sp³-hybridized carbons (Fsp3) is 0.500. The van der Waals surface area contributed by atoms with Crippen LogP contribution in [0.2, 0.25) is 0 Å². The summed E-state index contributed by atoms with van der Waals surface area (Å²) in [5.74, 6) is -3.86. The molecule has 1 saturated carbocycles. The number of carbonyl (C=O) groups excluding carboxylic acids is 1. The normalized spacial score (nSPS) is 16.9. The standard InChI is InChI=1S/C14H18F2N2O3S.ClH/c15-13(16)22(20,21)11-5-3-10(4-6-11)12(19)18-14(9-17)7-1-2-8-14;/h3-6,13H,1-2,7-9,17H2,(H,18,19);1H. The highest BCUT2D eigenvalue weighted by Gasteiger charge is 2.34. The number of nitrogens with one attached hydrogen (secondary N) is 1. The Bertz CT molecular complexity index is 644. The number of sulfone groups is 1. The largest absolute Gasteiger partial charge is 0.345 e. The van der Waals surface area contributed by atoms with E-state index in [1.165, 1.54) is 12.1 Å². The maximum atomic E-state index is 12.4. The monoisotopic (exact) mass is 368 g/mol. The Hall–Kier alpha value is -1.25. The molecule has 1 aromatic rings. The molecule has 0 saturated heterocycles. The molecule has 0 atom stereocenters. The van der Waals surface area contributed by atoms with Crippen LogP contribution in [0.5, 0.6) is 0 Å². The highest BCUT2D eigenvalue weighted by Crippen LogP contribution is 2.29. The highest BCUT2D eigenvalue weighted by molar-refractivity contribution is 7.91. The zero-order valence-electron chi connectivity index (χ0n) is 12.3. The molecular formula is C14H19ClF2N2O3S. The van der Waals surface area contributed by atoms with E-state index in [0.29, 0.717) is 6.54 Å². The van der Waals surface area contributed by atoms with Gasteiger partial charge in [-0.15, -0.1) is 12.4 Å². The molecule has 3 N–H and O–H groups in total. The van der Waals surface area contributed by atoms with Crippen molar-refractivity contribution >= 4 is 28.2 Å². The Morgan fingerprint density at radius 2 is 1.74 bits per heavy atom.